The Hall–Kier alpha value is -2.22. The second-order valence-electron chi connectivity index (χ2n) is 5.33. The molecule has 0 aromatic carbocycles. The molecular formula is C15H11F3N4S. The van der Waals surface area contributed by atoms with Crippen LogP contribution in [-0.4, -0.2) is 21.5 Å². The topological polar surface area (TPSA) is 41.9 Å². The third kappa shape index (κ3) is 2.52. The lowest BCUT2D eigenvalue weighted by Crippen LogP contribution is -2.32. The molecule has 4 nitrogen and oxygen atoms in total. The molecule has 1 aliphatic rings. The van der Waals surface area contributed by atoms with E-state index < -0.39 is 11.7 Å². The van der Waals surface area contributed by atoms with E-state index in [9.17, 15) is 13.2 Å². The van der Waals surface area contributed by atoms with Gasteiger partial charge in [0, 0.05) is 31.4 Å². The van der Waals surface area contributed by atoms with Crippen molar-refractivity contribution in [2.75, 3.05) is 11.4 Å². The van der Waals surface area contributed by atoms with Gasteiger partial charge in [0.25, 0.3) is 0 Å². The highest BCUT2D eigenvalue weighted by molar-refractivity contribution is 7.17. The van der Waals surface area contributed by atoms with E-state index in [2.05, 4.69) is 15.0 Å². The Morgan fingerprint density at radius 1 is 1.17 bits per heavy atom. The molecule has 0 radical (unpaired) electrons. The minimum Gasteiger partial charge on any atom is -0.351 e. The molecule has 3 aromatic rings. The van der Waals surface area contributed by atoms with Gasteiger partial charge in [0.15, 0.2) is 0 Å². The fourth-order valence-electron chi connectivity index (χ4n) is 2.76. The molecule has 4 heterocycles. The van der Waals surface area contributed by atoms with E-state index in [1.165, 1.54) is 23.7 Å². The fraction of sp³-hybridized carbons (Fsp3) is 0.267. The molecule has 0 atom stereocenters. The van der Waals surface area contributed by atoms with Crippen molar-refractivity contribution in [2.45, 2.75) is 19.1 Å². The largest absolute Gasteiger partial charge is 0.417 e. The van der Waals surface area contributed by atoms with E-state index in [-0.39, 0.29) is 0 Å². The molecule has 0 aliphatic carbocycles. The zero-order valence-electron chi connectivity index (χ0n) is 11.8. The molecule has 4 rings (SSSR count). The molecule has 0 unspecified atom stereocenters. The molecule has 0 amide bonds. The van der Waals surface area contributed by atoms with Crippen LogP contribution in [0.1, 0.15) is 16.8 Å². The number of halogens is 3. The van der Waals surface area contributed by atoms with Crippen molar-refractivity contribution in [3.8, 4) is 0 Å². The second-order valence-corrected chi connectivity index (χ2v) is 6.25. The molecule has 0 fully saturated rings. The highest BCUT2D eigenvalue weighted by Crippen LogP contribution is 2.33. The van der Waals surface area contributed by atoms with Crippen LogP contribution in [0.4, 0.5) is 19.0 Å². The molecule has 0 spiro atoms. The van der Waals surface area contributed by atoms with Crippen molar-refractivity contribution in [3.05, 3.63) is 46.9 Å². The minimum absolute atomic E-state index is 0.371. The first-order valence-electron chi connectivity index (χ1n) is 7.00. The molecule has 3 aromatic heterocycles. The summed E-state index contributed by atoms with van der Waals surface area (Å²) in [5, 5.41) is 1.93. The Bertz CT molecular complexity index is 875. The van der Waals surface area contributed by atoms with E-state index >= 15 is 0 Å². The van der Waals surface area contributed by atoms with Gasteiger partial charge in [-0.25, -0.2) is 9.97 Å². The number of aromatic nitrogens is 3. The predicted molar refractivity (Wildman–Crippen MR) is 81.4 cm³/mol. The maximum atomic E-state index is 12.9. The SMILES string of the molecule is FC(F)(F)c1cnc2c(c1)CN(c1ncnc3ccsc13)CC2. The van der Waals surface area contributed by atoms with Crippen LogP contribution in [-0.2, 0) is 19.1 Å². The summed E-state index contributed by atoms with van der Waals surface area (Å²) in [5.74, 6) is 0.771. The Kier molecular flexibility index (Phi) is 3.22. The number of hydrogen-bond acceptors (Lipinski definition) is 5. The van der Waals surface area contributed by atoms with Gasteiger partial charge in [0.05, 0.1) is 15.8 Å². The standard InChI is InChI=1S/C15H11F3N4S/c16-15(17,18)10-5-9-7-22(3-1-11(9)19-6-10)14-13-12(2-4-23-13)20-8-21-14/h2,4-6,8H,1,3,7H2. The molecule has 0 saturated heterocycles. The Morgan fingerprint density at radius 3 is 2.87 bits per heavy atom. The van der Waals surface area contributed by atoms with Crippen molar-refractivity contribution in [3.63, 3.8) is 0 Å². The normalized spacial score (nSPS) is 15.0. The van der Waals surface area contributed by atoms with Crippen LogP contribution in [0.5, 0.6) is 0 Å². The first kappa shape index (κ1) is 14.4. The van der Waals surface area contributed by atoms with E-state index in [4.69, 9.17) is 0 Å². The first-order chi connectivity index (χ1) is 11.0. The molecule has 8 heteroatoms. The molecule has 0 N–H and O–H groups in total. The molecule has 0 bridgehead atoms. The number of rotatable bonds is 1. The lowest BCUT2D eigenvalue weighted by atomic mass is 10.0. The van der Waals surface area contributed by atoms with Gasteiger partial charge in [-0.2, -0.15) is 13.2 Å². The van der Waals surface area contributed by atoms with Gasteiger partial charge in [-0.05, 0) is 23.1 Å². The molecule has 118 valence electrons. The highest BCUT2D eigenvalue weighted by atomic mass is 32.1. The summed E-state index contributed by atoms with van der Waals surface area (Å²) in [6, 6.07) is 3.10. The first-order valence-corrected chi connectivity index (χ1v) is 7.88. The van der Waals surface area contributed by atoms with Gasteiger partial charge in [-0.15, -0.1) is 11.3 Å². The van der Waals surface area contributed by atoms with Crippen LogP contribution in [0.3, 0.4) is 0 Å². The Balaban J connectivity index is 1.72. The smallest absolute Gasteiger partial charge is 0.351 e. The van der Waals surface area contributed by atoms with Gasteiger partial charge in [0.1, 0.15) is 12.1 Å². The summed E-state index contributed by atoms with van der Waals surface area (Å²) in [4.78, 5) is 14.5. The average molecular weight is 336 g/mol. The second kappa shape index (κ2) is 5.16. The summed E-state index contributed by atoms with van der Waals surface area (Å²) >= 11 is 1.53. The van der Waals surface area contributed by atoms with Gasteiger partial charge in [-0.1, -0.05) is 0 Å². The molecular weight excluding hydrogens is 325 g/mol. The van der Waals surface area contributed by atoms with Crippen molar-refractivity contribution >= 4 is 27.4 Å². The number of nitrogens with zero attached hydrogens (tertiary/aromatic N) is 4. The summed E-state index contributed by atoms with van der Waals surface area (Å²) in [6.45, 7) is 1.05. The zero-order chi connectivity index (χ0) is 16.0. The van der Waals surface area contributed by atoms with Crippen LogP contribution < -0.4 is 4.90 Å². The van der Waals surface area contributed by atoms with E-state index in [0.29, 0.717) is 25.1 Å². The number of pyridine rings is 1. The summed E-state index contributed by atoms with van der Waals surface area (Å²) in [7, 11) is 0. The van der Waals surface area contributed by atoms with Gasteiger partial charge in [0.2, 0.25) is 0 Å². The third-order valence-electron chi connectivity index (χ3n) is 3.89. The van der Waals surface area contributed by atoms with Crippen LogP contribution in [0.2, 0.25) is 0 Å². The fourth-order valence-corrected chi connectivity index (χ4v) is 3.62. The Morgan fingerprint density at radius 2 is 2.04 bits per heavy atom. The summed E-state index contributed by atoms with van der Waals surface area (Å²) in [6.07, 6.45) is -1.37. The molecule has 1 aliphatic heterocycles. The number of fused-ring (bicyclic) bond motifs is 2. The number of anilines is 1. The van der Waals surface area contributed by atoms with Crippen LogP contribution in [0.15, 0.2) is 30.0 Å². The van der Waals surface area contributed by atoms with Gasteiger partial charge in [-0.3, -0.25) is 4.98 Å². The van der Waals surface area contributed by atoms with Crippen molar-refractivity contribution in [1.82, 2.24) is 15.0 Å². The maximum absolute atomic E-state index is 12.9. The van der Waals surface area contributed by atoms with Crippen molar-refractivity contribution in [1.29, 1.82) is 0 Å². The quantitative estimate of drug-likeness (QED) is 0.680. The van der Waals surface area contributed by atoms with Crippen molar-refractivity contribution < 1.29 is 13.2 Å². The van der Waals surface area contributed by atoms with Crippen LogP contribution >= 0.6 is 11.3 Å². The Labute approximate surface area is 133 Å². The lowest BCUT2D eigenvalue weighted by Gasteiger charge is -2.29. The molecule has 0 saturated carbocycles. The summed E-state index contributed by atoms with van der Waals surface area (Å²) < 4.78 is 39.6. The van der Waals surface area contributed by atoms with E-state index in [0.717, 1.165) is 27.9 Å². The van der Waals surface area contributed by atoms with Crippen LogP contribution in [0, 0.1) is 0 Å². The molecule has 23 heavy (non-hydrogen) atoms. The number of hydrogen-bond donors (Lipinski definition) is 0. The lowest BCUT2D eigenvalue weighted by molar-refractivity contribution is -0.137. The summed E-state index contributed by atoms with van der Waals surface area (Å²) in [5.41, 5.74) is 1.48. The number of alkyl halides is 3. The predicted octanol–water partition coefficient (Wildman–Crippen LogP) is 3.67. The van der Waals surface area contributed by atoms with E-state index in [1.54, 1.807) is 0 Å². The zero-order valence-corrected chi connectivity index (χ0v) is 12.7. The van der Waals surface area contributed by atoms with Crippen LogP contribution in [0.25, 0.3) is 10.2 Å². The monoisotopic (exact) mass is 336 g/mol. The highest BCUT2D eigenvalue weighted by Gasteiger charge is 2.32. The van der Waals surface area contributed by atoms with E-state index in [1.807, 2.05) is 16.3 Å². The third-order valence-corrected chi connectivity index (χ3v) is 4.79. The minimum atomic E-state index is -4.37. The van der Waals surface area contributed by atoms with Gasteiger partial charge >= 0.3 is 6.18 Å². The van der Waals surface area contributed by atoms with Gasteiger partial charge < -0.3 is 4.90 Å². The van der Waals surface area contributed by atoms with Crippen molar-refractivity contribution in [2.24, 2.45) is 0 Å². The maximum Gasteiger partial charge on any atom is 0.417 e. The average Bonchev–Trinajstić information content (AvgIpc) is 3.01. The number of thiophene rings is 1.